The van der Waals surface area contributed by atoms with Crippen LogP contribution in [-0.4, -0.2) is 19.1 Å². The Morgan fingerprint density at radius 1 is 1.23 bits per heavy atom. The number of anilines is 1. The topological polar surface area (TPSA) is 50.4 Å². The van der Waals surface area contributed by atoms with Gasteiger partial charge in [-0.15, -0.1) is 0 Å². The van der Waals surface area contributed by atoms with Gasteiger partial charge in [0.05, 0.1) is 6.42 Å². The lowest BCUT2D eigenvalue weighted by Crippen LogP contribution is -2.16. The fourth-order valence-electron chi connectivity index (χ4n) is 2.49. The van der Waals surface area contributed by atoms with E-state index in [2.05, 4.69) is 10.6 Å². The molecule has 0 saturated carbocycles. The van der Waals surface area contributed by atoms with Gasteiger partial charge in [0.15, 0.2) is 0 Å². The molecule has 0 saturated heterocycles. The first-order valence-electron chi connectivity index (χ1n) is 7.52. The molecule has 3 rings (SSSR count). The summed E-state index contributed by atoms with van der Waals surface area (Å²) in [6, 6.07) is 13.8. The zero-order chi connectivity index (χ0) is 15.4. The van der Waals surface area contributed by atoms with E-state index in [1.54, 1.807) is 0 Å². The van der Waals surface area contributed by atoms with Crippen LogP contribution in [-0.2, 0) is 17.8 Å². The number of hydrogen-bond acceptors (Lipinski definition) is 3. The molecule has 0 aromatic heterocycles. The number of aryl methyl sites for hydroxylation is 1. The van der Waals surface area contributed by atoms with Crippen LogP contribution < -0.4 is 15.4 Å². The van der Waals surface area contributed by atoms with Gasteiger partial charge in [0.2, 0.25) is 5.91 Å². The summed E-state index contributed by atoms with van der Waals surface area (Å²) in [5.41, 5.74) is 4.10. The largest absolute Gasteiger partial charge is 0.492 e. The van der Waals surface area contributed by atoms with E-state index in [0.717, 1.165) is 35.7 Å². The number of rotatable bonds is 3. The van der Waals surface area contributed by atoms with Crippen molar-refractivity contribution in [3.8, 4) is 5.75 Å². The molecule has 0 aliphatic carbocycles. The average Bonchev–Trinajstić information content (AvgIpc) is 2.74. The highest BCUT2D eigenvalue weighted by Gasteiger charge is 2.10. The van der Waals surface area contributed by atoms with Crippen LogP contribution in [0.1, 0.15) is 16.7 Å². The third-order valence-electron chi connectivity index (χ3n) is 3.68. The average molecular weight is 296 g/mol. The molecular weight excluding hydrogens is 276 g/mol. The lowest BCUT2D eigenvalue weighted by molar-refractivity contribution is -0.115. The minimum atomic E-state index is -0.00805. The Hall–Kier alpha value is -2.33. The van der Waals surface area contributed by atoms with Crippen molar-refractivity contribution in [2.45, 2.75) is 19.9 Å². The van der Waals surface area contributed by atoms with Crippen molar-refractivity contribution >= 4 is 11.6 Å². The van der Waals surface area contributed by atoms with Crippen molar-refractivity contribution in [2.75, 3.05) is 18.5 Å². The van der Waals surface area contributed by atoms with Gasteiger partial charge in [0, 0.05) is 24.3 Å². The fourth-order valence-corrected chi connectivity index (χ4v) is 2.49. The van der Waals surface area contributed by atoms with Crippen LogP contribution in [0.3, 0.4) is 0 Å². The second-order valence-electron chi connectivity index (χ2n) is 5.56. The van der Waals surface area contributed by atoms with E-state index in [4.69, 9.17) is 4.74 Å². The van der Waals surface area contributed by atoms with Gasteiger partial charge in [0.25, 0.3) is 0 Å². The first kappa shape index (κ1) is 14.6. The van der Waals surface area contributed by atoms with Crippen LogP contribution in [0.25, 0.3) is 0 Å². The summed E-state index contributed by atoms with van der Waals surface area (Å²) in [6.07, 6.45) is 0.381. The highest BCUT2D eigenvalue weighted by Crippen LogP contribution is 2.24. The van der Waals surface area contributed by atoms with Gasteiger partial charge < -0.3 is 15.4 Å². The summed E-state index contributed by atoms with van der Waals surface area (Å²) in [5, 5.41) is 6.24. The van der Waals surface area contributed by atoms with Crippen molar-refractivity contribution in [3.63, 3.8) is 0 Å². The van der Waals surface area contributed by atoms with Crippen molar-refractivity contribution in [1.29, 1.82) is 0 Å². The predicted octanol–water partition coefficient (Wildman–Crippen LogP) is 2.66. The summed E-state index contributed by atoms with van der Waals surface area (Å²) < 4.78 is 5.64. The summed E-state index contributed by atoms with van der Waals surface area (Å²) in [6.45, 7) is 4.31. The van der Waals surface area contributed by atoms with Crippen LogP contribution in [0.5, 0.6) is 5.75 Å². The third-order valence-corrected chi connectivity index (χ3v) is 3.68. The summed E-state index contributed by atoms with van der Waals surface area (Å²) in [4.78, 5) is 12.1. The third kappa shape index (κ3) is 3.65. The Bertz CT molecular complexity index is 665. The molecule has 0 bridgehead atoms. The van der Waals surface area contributed by atoms with E-state index in [1.807, 2.05) is 49.4 Å². The predicted molar refractivity (Wildman–Crippen MR) is 87.2 cm³/mol. The summed E-state index contributed by atoms with van der Waals surface area (Å²) in [5.74, 6) is 0.882. The molecular formula is C18H20N2O2. The van der Waals surface area contributed by atoms with Crippen molar-refractivity contribution in [2.24, 2.45) is 0 Å². The maximum absolute atomic E-state index is 12.1. The van der Waals surface area contributed by atoms with Crippen LogP contribution >= 0.6 is 0 Å². The number of hydrogen-bond donors (Lipinski definition) is 2. The zero-order valence-corrected chi connectivity index (χ0v) is 12.7. The first-order chi connectivity index (χ1) is 10.7. The molecule has 114 valence electrons. The molecule has 0 atom stereocenters. The lowest BCUT2D eigenvalue weighted by Gasteiger charge is -2.10. The summed E-state index contributed by atoms with van der Waals surface area (Å²) in [7, 11) is 0. The van der Waals surface area contributed by atoms with Gasteiger partial charge in [-0.05, 0) is 30.7 Å². The minimum Gasteiger partial charge on any atom is -0.492 e. The molecule has 2 aromatic rings. The molecule has 1 heterocycles. The van der Waals surface area contributed by atoms with Crippen molar-refractivity contribution in [3.05, 3.63) is 59.2 Å². The van der Waals surface area contributed by atoms with Crippen LogP contribution in [0.2, 0.25) is 0 Å². The second-order valence-corrected chi connectivity index (χ2v) is 5.56. The number of fused-ring (bicyclic) bond motifs is 1. The van der Waals surface area contributed by atoms with Crippen LogP contribution in [0, 0.1) is 6.92 Å². The Labute approximate surface area is 130 Å². The molecule has 2 aromatic carbocycles. The van der Waals surface area contributed by atoms with Gasteiger partial charge in [-0.3, -0.25) is 4.79 Å². The highest BCUT2D eigenvalue weighted by molar-refractivity contribution is 5.92. The molecule has 1 amide bonds. The van der Waals surface area contributed by atoms with E-state index in [9.17, 15) is 4.79 Å². The zero-order valence-electron chi connectivity index (χ0n) is 12.7. The molecule has 0 fully saturated rings. The Kier molecular flexibility index (Phi) is 4.39. The van der Waals surface area contributed by atoms with Crippen LogP contribution in [0.4, 0.5) is 5.69 Å². The molecule has 2 N–H and O–H groups in total. The number of nitrogens with one attached hydrogen (secondary N) is 2. The van der Waals surface area contributed by atoms with E-state index in [0.29, 0.717) is 13.0 Å². The van der Waals surface area contributed by atoms with Crippen molar-refractivity contribution in [1.82, 2.24) is 5.32 Å². The maximum Gasteiger partial charge on any atom is 0.228 e. The Morgan fingerprint density at radius 3 is 2.86 bits per heavy atom. The monoisotopic (exact) mass is 296 g/mol. The highest BCUT2D eigenvalue weighted by atomic mass is 16.5. The van der Waals surface area contributed by atoms with Gasteiger partial charge in [0.1, 0.15) is 12.4 Å². The molecule has 4 nitrogen and oxygen atoms in total. The molecule has 1 aliphatic heterocycles. The fraction of sp³-hybridized carbons (Fsp3) is 0.278. The van der Waals surface area contributed by atoms with Crippen LogP contribution in [0.15, 0.2) is 42.5 Å². The molecule has 1 aliphatic rings. The minimum absolute atomic E-state index is 0.00805. The Morgan fingerprint density at radius 2 is 2.05 bits per heavy atom. The molecule has 0 spiro atoms. The van der Waals surface area contributed by atoms with E-state index in [-0.39, 0.29) is 5.91 Å². The lowest BCUT2D eigenvalue weighted by atomic mass is 10.1. The number of carbonyl (C=O) groups is 1. The van der Waals surface area contributed by atoms with Gasteiger partial charge >= 0.3 is 0 Å². The molecule has 0 radical (unpaired) electrons. The van der Waals surface area contributed by atoms with Crippen molar-refractivity contribution < 1.29 is 9.53 Å². The SMILES string of the molecule is Cc1ccc(CC(=O)Nc2ccc3c(c2)CNCCO3)cc1. The maximum atomic E-state index is 12.1. The number of ether oxygens (including phenoxy) is 1. The number of amides is 1. The van der Waals surface area contributed by atoms with Gasteiger partial charge in [-0.1, -0.05) is 29.8 Å². The smallest absolute Gasteiger partial charge is 0.228 e. The van der Waals surface area contributed by atoms with E-state index >= 15 is 0 Å². The van der Waals surface area contributed by atoms with Gasteiger partial charge in [-0.25, -0.2) is 0 Å². The molecule has 4 heteroatoms. The summed E-state index contributed by atoms with van der Waals surface area (Å²) >= 11 is 0. The number of carbonyl (C=O) groups excluding carboxylic acids is 1. The normalized spacial score (nSPS) is 13.7. The molecule has 0 unspecified atom stereocenters. The second kappa shape index (κ2) is 6.62. The molecule has 22 heavy (non-hydrogen) atoms. The quantitative estimate of drug-likeness (QED) is 0.915. The van der Waals surface area contributed by atoms with Gasteiger partial charge in [-0.2, -0.15) is 0 Å². The van der Waals surface area contributed by atoms with E-state index < -0.39 is 0 Å². The standard InChI is InChI=1S/C18H20N2O2/c1-13-2-4-14(5-3-13)10-18(21)20-16-6-7-17-15(11-16)12-19-8-9-22-17/h2-7,11,19H,8-10,12H2,1H3,(H,20,21). The number of benzene rings is 2. The first-order valence-corrected chi connectivity index (χ1v) is 7.52. The Balaban J connectivity index is 1.66. The van der Waals surface area contributed by atoms with E-state index in [1.165, 1.54) is 5.56 Å².